The van der Waals surface area contributed by atoms with Crippen molar-refractivity contribution in [3.63, 3.8) is 0 Å². The number of hydrogen-bond acceptors (Lipinski definition) is 2. The van der Waals surface area contributed by atoms with Crippen molar-refractivity contribution in [1.82, 2.24) is 0 Å². The summed E-state index contributed by atoms with van der Waals surface area (Å²) in [6, 6.07) is 8.28. The molecule has 18 heavy (non-hydrogen) atoms. The molecule has 0 aliphatic carbocycles. The molecule has 1 aliphatic rings. The zero-order valence-electron chi connectivity index (χ0n) is 11.6. The van der Waals surface area contributed by atoms with Crippen LogP contribution in [0.1, 0.15) is 50.8 Å². The molecule has 0 aromatic heterocycles. The Bertz CT molecular complexity index is 386. The molecule has 1 aromatic carbocycles. The quantitative estimate of drug-likeness (QED) is 0.868. The Balaban J connectivity index is 2.26. The number of ether oxygens (including phenoxy) is 1. The fourth-order valence-electron chi connectivity index (χ4n) is 2.72. The van der Waals surface area contributed by atoms with E-state index in [0.717, 1.165) is 31.6 Å². The predicted octanol–water partition coefficient (Wildman–Crippen LogP) is 3.44. The highest BCUT2D eigenvalue weighted by Gasteiger charge is 2.28. The van der Waals surface area contributed by atoms with Gasteiger partial charge in [-0.05, 0) is 35.3 Å². The lowest BCUT2D eigenvalue weighted by molar-refractivity contribution is 0.00659. The van der Waals surface area contributed by atoms with Gasteiger partial charge in [-0.3, -0.25) is 0 Å². The lowest BCUT2D eigenvalue weighted by Crippen LogP contribution is -2.24. The molecule has 1 N–H and O–H groups in total. The molecule has 2 rings (SSSR count). The fraction of sp³-hybridized carbons (Fsp3) is 0.625. The van der Waals surface area contributed by atoms with Crippen LogP contribution in [-0.4, -0.2) is 18.3 Å². The first-order chi connectivity index (χ1) is 8.50. The van der Waals surface area contributed by atoms with Gasteiger partial charge in [0.15, 0.2) is 0 Å². The molecule has 1 aliphatic heterocycles. The van der Waals surface area contributed by atoms with E-state index >= 15 is 0 Å². The van der Waals surface area contributed by atoms with E-state index in [2.05, 4.69) is 39.0 Å². The normalized spacial score (nSPS) is 19.8. The lowest BCUT2D eigenvalue weighted by Gasteiger charge is -2.31. The SMILES string of the molecule is CC(C)(C)c1ccccc1C(O)C1CCOCC1. The van der Waals surface area contributed by atoms with Crippen LogP contribution in [0.15, 0.2) is 24.3 Å². The molecule has 1 heterocycles. The number of benzene rings is 1. The molecule has 2 heteroatoms. The summed E-state index contributed by atoms with van der Waals surface area (Å²) in [6.07, 6.45) is 1.56. The van der Waals surface area contributed by atoms with Crippen LogP contribution in [-0.2, 0) is 10.2 Å². The van der Waals surface area contributed by atoms with Gasteiger partial charge in [-0.25, -0.2) is 0 Å². The predicted molar refractivity (Wildman–Crippen MR) is 73.6 cm³/mol. The van der Waals surface area contributed by atoms with Crippen LogP contribution < -0.4 is 0 Å². The topological polar surface area (TPSA) is 29.5 Å². The number of aliphatic hydroxyl groups excluding tert-OH is 1. The Morgan fingerprint density at radius 3 is 2.39 bits per heavy atom. The van der Waals surface area contributed by atoms with E-state index in [1.165, 1.54) is 5.56 Å². The molecular weight excluding hydrogens is 224 g/mol. The molecule has 100 valence electrons. The van der Waals surface area contributed by atoms with Gasteiger partial charge in [0.25, 0.3) is 0 Å². The highest BCUT2D eigenvalue weighted by molar-refractivity contribution is 5.34. The number of aliphatic hydroxyl groups is 1. The maximum absolute atomic E-state index is 10.6. The zero-order chi connectivity index (χ0) is 13.2. The van der Waals surface area contributed by atoms with Gasteiger partial charge in [0.1, 0.15) is 0 Å². The van der Waals surface area contributed by atoms with Crippen LogP contribution in [0.25, 0.3) is 0 Å². The third kappa shape index (κ3) is 2.93. The third-order valence-electron chi connectivity index (χ3n) is 3.80. The summed E-state index contributed by atoms with van der Waals surface area (Å²) in [7, 11) is 0. The summed E-state index contributed by atoms with van der Waals surface area (Å²) in [6.45, 7) is 8.15. The molecule has 1 aromatic rings. The standard InChI is InChI=1S/C16H24O2/c1-16(2,3)14-7-5-4-6-13(14)15(17)12-8-10-18-11-9-12/h4-7,12,15,17H,8-11H2,1-3H3. The summed E-state index contributed by atoms with van der Waals surface area (Å²) in [5.74, 6) is 0.335. The molecule has 0 spiro atoms. The minimum absolute atomic E-state index is 0.0722. The molecule has 0 saturated carbocycles. The Labute approximate surface area is 110 Å². The average molecular weight is 248 g/mol. The van der Waals surface area contributed by atoms with Crippen LogP contribution in [0.4, 0.5) is 0 Å². The monoisotopic (exact) mass is 248 g/mol. The zero-order valence-corrected chi connectivity index (χ0v) is 11.6. The van der Waals surface area contributed by atoms with Crippen LogP contribution >= 0.6 is 0 Å². The highest BCUT2D eigenvalue weighted by Crippen LogP contribution is 2.35. The van der Waals surface area contributed by atoms with Gasteiger partial charge in [-0.15, -0.1) is 0 Å². The molecular formula is C16H24O2. The minimum Gasteiger partial charge on any atom is -0.388 e. The summed E-state index contributed by atoms with van der Waals surface area (Å²) in [5.41, 5.74) is 2.42. The van der Waals surface area contributed by atoms with Crippen LogP contribution in [0.3, 0.4) is 0 Å². The molecule has 0 amide bonds. The average Bonchev–Trinajstić information content (AvgIpc) is 2.38. The smallest absolute Gasteiger partial charge is 0.0822 e. The van der Waals surface area contributed by atoms with Crippen LogP contribution in [0.5, 0.6) is 0 Å². The van der Waals surface area contributed by atoms with E-state index in [1.54, 1.807) is 0 Å². The van der Waals surface area contributed by atoms with Crippen molar-refractivity contribution in [2.24, 2.45) is 5.92 Å². The molecule has 1 fully saturated rings. The largest absolute Gasteiger partial charge is 0.388 e. The molecule has 0 radical (unpaired) electrons. The van der Waals surface area contributed by atoms with E-state index < -0.39 is 0 Å². The summed E-state index contributed by atoms with van der Waals surface area (Å²) < 4.78 is 5.37. The van der Waals surface area contributed by atoms with Crippen molar-refractivity contribution < 1.29 is 9.84 Å². The number of hydrogen-bond donors (Lipinski definition) is 1. The Hall–Kier alpha value is -0.860. The van der Waals surface area contributed by atoms with Gasteiger partial charge < -0.3 is 9.84 Å². The van der Waals surface area contributed by atoms with Gasteiger partial charge in [0.05, 0.1) is 6.10 Å². The molecule has 1 atom stereocenters. The highest BCUT2D eigenvalue weighted by atomic mass is 16.5. The second-order valence-electron chi connectivity index (χ2n) is 6.23. The molecule has 1 unspecified atom stereocenters. The lowest BCUT2D eigenvalue weighted by atomic mass is 9.79. The fourth-order valence-corrected chi connectivity index (χ4v) is 2.72. The van der Waals surface area contributed by atoms with Gasteiger partial charge in [0, 0.05) is 13.2 Å². The maximum atomic E-state index is 10.6. The van der Waals surface area contributed by atoms with E-state index in [1.807, 2.05) is 6.07 Å². The Kier molecular flexibility index (Phi) is 4.08. The summed E-state index contributed by atoms with van der Waals surface area (Å²) in [4.78, 5) is 0. The van der Waals surface area contributed by atoms with Gasteiger partial charge in [0.2, 0.25) is 0 Å². The van der Waals surface area contributed by atoms with Crippen molar-refractivity contribution in [2.45, 2.75) is 45.1 Å². The van der Waals surface area contributed by atoms with Crippen molar-refractivity contribution >= 4 is 0 Å². The van der Waals surface area contributed by atoms with E-state index in [0.29, 0.717) is 5.92 Å². The summed E-state index contributed by atoms with van der Waals surface area (Å²) >= 11 is 0. The van der Waals surface area contributed by atoms with Crippen LogP contribution in [0, 0.1) is 5.92 Å². The first kappa shape index (κ1) is 13.6. The van der Waals surface area contributed by atoms with Gasteiger partial charge in [-0.1, -0.05) is 45.0 Å². The van der Waals surface area contributed by atoms with Crippen molar-refractivity contribution in [1.29, 1.82) is 0 Å². The van der Waals surface area contributed by atoms with E-state index in [9.17, 15) is 5.11 Å². The Morgan fingerprint density at radius 2 is 1.78 bits per heavy atom. The van der Waals surface area contributed by atoms with Crippen molar-refractivity contribution in [2.75, 3.05) is 13.2 Å². The van der Waals surface area contributed by atoms with Gasteiger partial charge in [-0.2, -0.15) is 0 Å². The third-order valence-corrected chi connectivity index (χ3v) is 3.80. The maximum Gasteiger partial charge on any atom is 0.0822 e. The molecule has 0 bridgehead atoms. The summed E-state index contributed by atoms with van der Waals surface area (Å²) in [5, 5.41) is 10.6. The van der Waals surface area contributed by atoms with Crippen LogP contribution in [0.2, 0.25) is 0 Å². The van der Waals surface area contributed by atoms with Crippen molar-refractivity contribution in [3.05, 3.63) is 35.4 Å². The second kappa shape index (κ2) is 5.41. The first-order valence-electron chi connectivity index (χ1n) is 6.85. The van der Waals surface area contributed by atoms with Crippen molar-refractivity contribution in [3.8, 4) is 0 Å². The molecule has 1 saturated heterocycles. The minimum atomic E-state index is -0.357. The molecule has 2 nitrogen and oxygen atoms in total. The van der Waals surface area contributed by atoms with Gasteiger partial charge >= 0.3 is 0 Å². The number of rotatable bonds is 2. The Morgan fingerprint density at radius 1 is 1.17 bits per heavy atom. The second-order valence-corrected chi connectivity index (χ2v) is 6.23. The van der Waals surface area contributed by atoms with E-state index in [4.69, 9.17) is 4.74 Å². The first-order valence-corrected chi connectivity index (χ1v) is 6.85. The van der Waals surface area contributed by atoms with E-state index in [-0.39, 0.29) is 11.5 Å².